The standard InChI is InChI=1S/C41H26N2O2/c1-2-8-24(9-3-1)41-42-35-20-14-26(23-36(35)43-41)28-17-16-27(29-10-4-5-11-30(28)29)25-15-21-38-34(22-25)33-19-18-32-31-12-6-7-13-37(31)44-39(32)40(33)45-38/h1-23,41-43H. The Balaban J connectivity index is 1.08. The average Bonchev–Trinajstić information content (AvgIpc) is 3.81. The van der Waals surface area contributed by atoms with Crippen molar-refractivity contribution in [2.45, 2.75) is 6.17 Å². The molecule has 4 heteroatoms. The van der Waals surface area contributed by atoms with Crippen LogP contribution in [-0.4, -0.2) is 0 Å². The summed E-state index contributed by atoms with van der Waals surface area (Å²) in [6.45, 7) is 0. The van der Waals surface area contributed by atoms with Crippen LogP contribution in [-0.2, 0) is 0 Å². The number of anilines is 2. The van der Waals surface area contributed by atoms with E-state index in [-0.39, 0.29) is 6.17 Å². The lowest BCUT2D eigenvalue weighted by Crippen LogP contribution is -2.11. The maximum atomic E-state index is 6.42. The first-order valence-electron chi connectivity index (χ1n) is 15.3. The van der Waals surface area contributed by atoms with Crippen molar-refractivity contribution in [1.82, 2.24) is 0 Å². The summed E-state index contributed by atoms with van der Waals surface area (Å²) in [6, 6.07) is 49.3. The van der Waals surface area contributed by atoms with Crippen molar-refractivity contribution < 1.29 is 8.83 Å². The minimum atomic E-state index is 0.0624. The molecule has 2 N–H and O–H groups in total. The lowest BCUT2D eigenvalue weighted by molar-refractivity contribution is 0.633. The van der Waals surface area contributed by atoms with Crippen LogP contribution in [0.3, 0.4) is 0 Å². The molecule has 4 nitrogen and oxygen atoms in total. The van der Waals surface area contributed by atoms with Gasteiger partial charge in [-0.05, 0) is 81.1 Å². The highest BCUT2D eigenvalue weighted by Crippen LogP contribution is 2.43. The number of para-hydroxylation sites is 1. The van der Waals surface area contributed by atoms with Gasteiger partial charge in [0.25, 0.3) is 0 Å². The van der Waals surface area contributed by atoms with Crippen LogP contribution >= 0.6 is 0 Å². The van der Waals surface area contributed by atoms with E-state index in [1.165, 1.54) is 33.0 Å². The normalized spacial score (nSPS) is 14.4. The molecule has 10 rings (SSSR count). The Morgan fingerprint density at radius 2 is 0.978 bits per heavy atom. The summed E-state index contributed by atoms with van der Waals surface area (Å²) >= 11 is 0. The van der Waals surface area contributed by atoms with Gasteiger partial charge in [0.1, 0.15) is 17.3 Å². The molecular weight excluding hydrogens is 552 g/mol. The highest BCUT2D eigenvalue weighted by molar-refractivity contribution is 6.19. The molecule has 0 spiro atoms. The van der Waals surface area contributed by atoms with Crippen LogP contribution in [0.25, 0.3) is 76.9 Å². The van der Waals surface area contributed by atoms with E-state index in [0.717, 1.165) is 60.8 Å². The van der Waals surface area contributed by atoms with Crippen molar-refractivity contribution in [2.75, 3.05) is 10.6 Å². The lowest BCUT2D eigenvalue weighted by Gasteiger charge is -2.13. The number of fused-ring (bicyclic) bond motifs is 9. The molecule has 3 heterocycles. The van der Waals surface area contributed by atoms with E-state index in [9.17, 15) is 0 Å². The molecule has 0 bridgehead atoms. The Hall–Kier alpha value is -6.00. The Morgan fingerprint density at radius 3 is 1.73 bits per heavy atom. The first kappa shape index (κ1) is 24.4. The van der Waals surface area contributed by atoms with Gasteiger partial charge in [-0.25, -0.2) is 0 Å². The number of nitrogens with one attached hydrogen (secondary N) is 2. The largest absolute Gasteiger partial charge is 0.452 e. The van der Waals surface area contributed by atoms with Crippen LogP contribution in [0.2, 0.25) is 0 Å². The van der Waals surface area contributed by atoms with Crippen molar-refractivity contribution in [3.8, 4) is 22.3 Å². The van der Waals surface area contributed by atoms with E-state index in [2.05, 4.69) is 126 Å². The molecule has 1 aliphatic rings. The van der Waals surface area contributed by atoms with Gasteiger partial charge in [-0.2, -0.15) is 0 Å². The van der Waals surface area contributed by atoms with Crippen LogP contribution in [0.4, 0.5) is 11.4 Å². The molecule has 45 heavy (non-hydrogen) atoms. The van der Waals surface area contributed by atoms with Crippen molar-refractivity contribution in [3.05, 3.63) is 145 Å². The minimum Gasteiger partial charge on any atom is -0.452 e. The summed E-state index contributed by atoms with van der Waals surface area (Å²) in [5.74, 6) is 0. The Labute approximate surface area is 258 Å². The first-order valence-corrected chi connectivity index (χ1v) is 15.3. The Kier molecular flexibility index (Phi) is 5.02. The van der Waals surface area contributed by atoms with Gasteiger partial charge in [-0.1, -0.05) is 97.1 Å². The zero-order chi connectivity index (χ0) is 29.5. The zero-order valence-corrected chi connectivity index (χ0v) is 24.2. The predicted octanol–water partition coefficient (Wildman–Crippen LogP) is 11.5. The van der Waals surface area contributed by atoms with Crippen LogP contribution < -0.4 is 10.6 Å². The van der Waals surface area contributed by atoms with Gasteiger partial charge in [0.2, 0.25) is 0 Å². The van der Waals surface area contributed by atoms with Gasteiger partial charge in [0, 0.05) is 21.5 Å². The minimum absolute atomic E-state index is 0.0624. The molecule has 0 radical (unpaired) electrons. The number of rotatable bonds is 3. The lowest BCUT2D eigenvalue weighted by atomic mass is 9.91. The molecule has 0 saturated heterocycles. The van der Waals surface area contributed by atoms with E-state index in [1.807, 2.05) is 24.3 Å². The molecule has 1 aliphatic heterocycles. The van der Waals surface area contributed by atoms with Crippen LogP contribution in [0, 0.1) is 0 Å². The predicted molar refractivity (Wildman–Crippen MR) is 186 cm³/mol. The zero-order valence-electron chi connectivity index (χ0n) is 24.2. The second kappa shape index (κ2) is 9.25. The van der Waals surface area contributed by atoms with Gasteiger partial charge in [0.15, 0.2) is 11.2 Å². The van der Waals surface area contributed by atoms with E-state index in [4.69, 9.17) is 8.83 Å². The van der Waals surface area contributed by atoms with Crippen molar-refractivity contribution >= 4 is 66.0 Å². The summed E-state index contributed by atoms with van der Waals surface area (Å²) < 4.78 is 12.7. The third-order valence-corrected chi connectivity index (χ3v) is 9.28. The summed E-state index contributed by atoms with van der Waals surface area (Å²) in [4.78, 5) is 0. The molecular formula is C41H26N2O2. The second-order valence-corrected chi connectivity index (χ2v) is 11.8. The molecule has 0 saturated carbocycles. The molecule has 212 valence electrons. The topological polar surface area (TPSA) is 50.3 Å². The number of hydrogen-bond donors (Lipinski definition) is 2. The van der Waals surface area contributed by atoms with Gasteiger partial charge in [-0.3, -0.25) is 0 Å². The Morgan fingerprint density at radius 1 is 0.400 bits per heavy atom. The summed E-state index contributed by atoms with van der Waals surface area (Å²) in [5, 5.41) is 14.1. The fraction of sp³-hybridized carbons (Fsp3) is 0.0244. The average molecular weight is 579 g/mol. The molecule has 0 fully saturated rings. The van der Waals surface area contributed by atoms with E-state index in [1.54, 1.807) is 0 Å². The van der Waals surface area contributed by atoms with Gasteiger partial charge in [0.05, 0.1) is 11.4 Å². The quantitative estimate of drug-likeness (QED) is 0.219. The number of furan rings is 2. The van der Waals surface area contributed by atoms with Gasteiger partial charge >= 0.3 is 0 Å². The fourth-order valence-corrected chi connectivity index (χ4v) is 7.10. The molecule has 1 atom stereocenters. The fourth-order valence-electron chi connectivity index (χ4n) is 7.10. The molecule has 1 unspecified atom stereocenters. The highest BCUT2D eigenvalue weighted by Gasteiger charge is 2.22. The van der Waals surface area contributed by atoms with E-state index < -0.39 is 0 Å². The van der Waals surface area contributed by atoms with Crippen LogP contribution in [0.1, 0.15) is 11.7 Å². The van der Waals surface area contributed by atoms with E-state index in [0.29, 0.717) is 0 Å². The first-order chi connectivity index (χ1) is 22.3. The van der Waals surface area contributed by atoms with Gasteiger partial charge in [-0.15, -0.1) is 0 Å². The molecule has 9 aromatic rings. The molecule has 7 aromatic carbocycles. The number of benzene rings is 7. The monoisotopic (exact) mass is 578 g/mol. The highest BCUT2D eigenvalue weighted by atomic mass is 16.4. The maximum Gasteiger partial charge on any atom is 0.178 e. The Bertz CT molecular complexity index is 2610. The molecule has 2 aromatic heterocycles. The molecule has 0 aliphatic carbocycles. The smallest absolute Gasteiger partial charge is 0.178 e. The van der Waals surface area contributed by atoms with E-state index >= 15 is 0 Å². The third-order valence-electron chi connectivity index (χ3n) is 9.28. The summed E-state index contributed by atoms with van der Waals surface area (Å²) in [5.41, 5.74) is 11.5. The third kappa shape index (κ3) is 3.66. The van der Waals surface area contributed by atoms with Crippen LogP contribution in [0.15, 0.2) is 148 Å². The van der Waals surface area contributed by atoms with Crippen molar-refractivity contribution in [3.63, 3.8) is 0 Å². The summed E-state index contributed by atoms with van der Waals surface area (Å²) in [7, 11) is 0. The van der Waals surface area contributed by atoms with Crippen molar-refractivity contribution in [2.24, 2.45) is 0 Å². The van der Waals surface area contributed by atoms with Gasteiger partial charge < -0.3 is 19.5 Å². The number of hydrogen-bond acceptors (Lipinski definition) is 4. The SMILES string of the molecule is c1ccc(C2Nc3ccc(-c4ccc(-c5ccc6oc7c(ccc8c9ccccc9oc87)c6c5)c5ccccc45)cc3N2)cc1. The maximum absolute atomic E-state index is 6.42. The second-order valence-electron chi connectivity index (χ2n) is 11.8. The summed E-state index contributed by atoms with van der Waals surface area (Å²) in [6.07, 6.45) is 0.0624. The van der Waals surface area contributed by atoms with Crippen molar-refractivity contribution in [1.29, 1.82) is 0 Å². The van der Waals surface area contributed by atoms with Crippen LogP contribution in [0.5, 0.6) is 0 Å². The molecule has 0 amide bonds.